The molecule has 84 valence electrons. The van der Waals surface area contributed by atoms with Crippen molar-refractivity contribution in [2.75, 3.05) is 0 Å². The summed E-state index contributed by atoms with van der Waals surface area (Å²) >= 11 is 0. The number of nitrogens with zero attached hydrogens (tertiary/aromatic N) is 2. The summed E-state index contributed by atoms with van der Waals surface area (Å²) < 4.78 is 15.0. The van der Waals surface area contributed by atoms with Crippen molar-refractivity contribution in [2.45, 2.75) is 13.1 Å². The number of hydrogen-bond donors (Lipinski definition) is 1. The largest absolute Gasteiger partial charge is 0.308 e. The topological polar surface area (TPSA) is 29.9 Å². The first-order valence-electron chi connectivity index (χ1n) is 5.17. The molecule has 1 N–H and O–H groups in total. The Balaban J connectivity index is 1.87. The van der Waals surface area contributed by atoms with Gasteiger partial charge in [0.05, 0.1) is 6.20 Å². The Bertz CT molecular complexity index is 465. The van der Waals surface area contributed by atoms with E-state index in [1.807, 2.05) is 19.3 Å². The molecule has 0 saturated carbocycles. The summed E-state index contributed by atoms with van der Waals surface area (Å²) in [5.74, 6) is -0.166. The second-order valence-electron chi connectivity index (χ2n) is 3.72. The SMILES string of the molecule is Cn1cc(CNCc2ccccc2F)cn1. The van der Waals surface area contributed by atoms with Gasteiger partial charge in [-0.25, -0.2) is 4.39 Å². The molecule has 16 heavy (non-hydrogen) atoms. The highest BCUT2D eigenvalue weighted by molar-refractivity contribution is 5.17. The number of aryl methyl sites for hydroxylation is 1. The zero-order valence-electron chi connectivity index (χ0n) is 9.15. The van der Waals surface area contributed by atoms with Crippen LogP contribution in [0.1, 0.15) is 11.1 Å². The molecule has 0 amide bonds. The number of nitrogens with one attached hydrogen (secondary N) is 1. The van der Waals surface area contributed by atoms with Crippen LogP contribution in [-0.2, 0) is 20.1 Å². The van der Waals surface area contributed by atoms with Gasteiger partial charge in [0.1, 0.15) is 5.82 Å². The van der Waals surface area contributed by atoms with Gasteiger partial charge in [-0.15, -0.1) is 0 Å². The van der Waals surface area contributed by atoms with Crippen molar-refractivity contribution >= 4 is 0 Å². The van der Waals surface area contributed by atoms with Crippen molar-refractivity contribution in [1.29, 1.82) is 0 Å². The Morgan fingerprint density at radius 1 is 1.31 bits per heavy atom. The number of hydrogen-bond acceptors (Lipinski definition) is 2. The van der Waals surface area contributed by atoms with E-state index in [2.05, 4.69) is 10.4 Å². The Kier molecular flexibility index (Phi) is 3.31. The third kappa shape index (κ3) is 2.67. The molecule has 1 heterocycles. The van der Waals surface area contributed by atoms with Crippen LogP contribution in [0.5, 0.6) is 0 Å². The lowest BCUT2D eigenvalue weighted by Crippen LogP contribution is -2.13. The predicted octanol–water partition coefficient (Wildman–Crippen LogP) is 1.85. The summed E-state index contributed by atoms with van der Waals surface area (Å²) in [7, 11) is 1.88. The van der Waals surface area contributed by atoms with Gasteiger partial charge in [-0.2, -0.15) is 5.10 Å². The monoisotopic (exact) mass is 219 g/mol. The Hall–Kier alpha value is -1.68. The third-order valence-corrected chi connectivity index (χ3v) is 2.36. The van der Waals surface area contributed by atoms with Crippen LogP contribution in [0.2, 0.25) is 0 Å². The fraction of sp³-hybridized carbons (Fsp3) is 0.250. The number of benzene rings is 1. The number of rotatable bonds is 4. The smallest absolute Gasteiger partial charge is 0.127 e. The molecule has 0 aliphatic carbocycles. The minimum Gasteiger partial charge on any atom is -0.308 e. The first-order chi connectivity index (χ1) is 7.75. The van der Waals surface area contributed by atoms with Crippen LogP contribution in [0.25, 0.3) is 0 Å². The second kappa shape index (κ2) is 4.90. The zero-order valence-corrected chi connectivity index (χ0v) is 9.15. The highest BCUT2D eigenvalue weighted by atomic mass is 19.1. The van der Waals surface area contributed by atoms with Gasteiger partial charge >= 0.3 is 0 Å². The van der Waals surface area contributed by atoms with Gasteiger partial charge in [-0.1, -0.05) is 18.2 Å². The average molecular weight is 219 g/mol. The molecule has 0 aliphatic heterocycles. The first kappa shape index (κ1) is 10.8. The lowest BCUT2D eigenvalue weighted by molar-refractivity contribution is 0.588. The molecule has 1 aromatic carbocycles. The maximum Gasteiger partial charge on any atom is 0.127 e. The molecule has 0 unspecified atom stereocenters. The van der Waals surface area contributed by atoms with Crippen molar-refractivity contribution in [3.63, 3.8) is 0 Å². The number of halogens is 1. The van der Waals surface area contributed by atoms with Crippen molar-refractivity contribution in [1.82, 2.24) is 15.1 Å². The second-order valence-corrected chi connectivity index (χ2v) is 3.72. The van der Waals surface area contributed by atoms with Gasteiger partial charge in [-0.3, -0.25) is 4.68 Å². The molecule has 0 bridgehead atoms. The standard InChI is InChI=1S/C12H14FN3/c1-16-9-10(7-15-16)6-14-8-11-4-2-3-5-12(11)13/h2-5,7,9,14H,6,8H2,1H3. The molecule has 0 radical (unpaired) electrons. The van der Waals surface area contributed by atoms with Gasteiger partial charge in [0.25, 0.3) is 0 Å². The molecule has 2 aromatic rings. The van der Waals surface area contributed by atoms with Crippen LogP contribution < -0.4 is 5.32 Å². The predicted molar refractivity (Wildman–Crippen MR) is 60.2 cm³/mol. The fourth-order valence-corrected chi connectivity index (χ4v) is 1.55. The molecular weight excluding hydrogens is 205 g/mol. The van der Waals surface area contributed by atoms with E-state index < -0.39 is 0 Å². The summed E-state index contributed by atoms with van der Waals surface area (Å²) in [5, 5.41) is 7.24. The Morgan fingerprint density at radius 2 is 2.12 bits per heavy atom. The lowest BCUT2D eigenvalue weighted by atomic mass is 10.2. The zero-order chi connectivity index (χ0) is 11.4. The van der Waals surface area contributed by atoms with Crippen LogP contribution in [0, 0.1) is 5.82 Å². The Morgan fingerprint density at radius 3 is 2.81 bits per heavy atom. The minimum atomic E-state index is -0.166. The van der Waals surface area contributed by atoms with Crippen LogP contribution in [0.3, 0.4) is 0 Å². The van der Waals surface area contributed by atoms with E-state index in [1.54, 1.807) is 23.0 Å². The van der Waals surface area contributed by atoms with Gasteiger partial charge in [0, 0.05) is 37.5 Å². The minimum absolute atomic E-state index is 0.166. The van der Waals surface area contributed by atoms with Crippen molar-refractivity contribution in [2.24, 2.45) is 7.05 Å². The summed E-state index contributed by atoms with van der Waals surface area (Å²) in [6.07, 6.45) is 3.74. The summed E-state index contributed by atoms with van der Waals surface area (Å²) in [6, 6.07) is 6.79. The van der Waals surface area contributed by atoms with Crippen LogP contribution >= 0.6 is 0 Å². The molecule has 1 aromatic heterocycles. The summed E-state index contributed by atoms with van der Waals surface area (Å²) in [4.78, 5) is 0. The number of aromatic nitrogens is 2. The molecule has 2 rings (SSSR count). The first-order valence-corrected chi connectivity index (χ1v) is 5.17. The van der Waals surface area contributed by atoms with E-state index >= 15 is 0 Å². The van der Waals surface area contributed by atoms with Gasteiger partial charge < -0.3 is 5.32 Å². The average Bonchev–Trinajstić information content (AvgIpc) is 2.67. The van der Waals surface area contributed by atoms with Crippen LogP contribution in [-0.4, -0.2) is 9.78 Å². The van der Waals surface area contributed by atoms with Crippen molar-refractivity contribution in [3.05, 3.63) is 53.6 Å². The molecule has 0 fully saturated rings. The molecule has 0 aliphatic rings. The molecule has 0 saturated heterocycles. The van der Waals surface area contributed by atoms with Gasteiger partial charge in [-0.05, 0) is 6.07 Å². The molecule has 0 atom stereocenters. The van der Waals surface area contributed by atoms with Crippen molar-refractivity contribution < 1.29 is 4.39 Å². The van der Waals surface area contributed by atoms with E-state index in [4.69, 9.17) is 0 Å². The normalized spacial score (nSPS) is 10.6. The van der Waals surface area contributed by atoms with E-state index in [-0.39, 0.29) is 5.82 Å². The van der Waals surface area contributed by atoms with E-state index in [9.17, 15) is 4.39 Å². The highest BCUT2D eigenvalue weighted by Gasteiger charge is 2.00. The van der Waals surface area contributed by atoms with Crippen molar-refractivity contribution in [3.8, 4) is 0 Å². The third-order valence-electron chi connectivity index (χ3n) is 2.36. The van der Waals surface area contributed by atoms with Gasteiger partial charge in [0.15, 0.2) is 0 Å². The maximum atomic E-state index is 13.3. The Labute approximate surface area is 93.9 Å². The van der Waals surface area contributed by atoms with Gasteiger partial charge in [0.2, 0.25) is 0 Å². The van der Waals surface area contributed by atoms with Crippen LogP contribution in [0.15, 0.2) is 36.7 Å². The fourth-order valence-electron chi connectivity index (χ4n) is 1.55. The van der Waals surface area contributed by atoms with E-state index in [0.717, 1.165) is 5.56 Å². The molecule has 3 nitrogen and oxygen atoms in total. The highest BCUT2D eigenvalue weighted by Crippen LogP contribution is 2.06. The summed E-state index contributed by atoms with van der Waals surface area (Å²) in [6.45, 7) is 1.23. The molecule has 0 spiro atoms. The van der Waals surface area contributed by atoms with E-state index in [1.165, 1.54) is 6.07 Å². The molecule has 4 heteroatoms. The maximum absolute atomic E-state index is 13.3. The van der Waals surface area contributed by atoms with Crippen LogP contribution in [0.4, 0.5) is 4.39 Å². The summed E-state index contributed by atoms with van der Waals surface area (Å²) in [5.41, 5.74) is 1.78. The quantitative estimate of drug-likeness (QED) is 0.850. The lowest BCUT2D eigenvalue weighted by Gasteiger charge is -2.04. The van der Waals surface area contributed by atoms with E-state index in [0.29, 0.717) is 18.7 Å². The molecular formula is C12H14FN3.